The van der Waals surface area contributed by atoms with E-state index in [-0.39, 0.29) is 18.4 Å². The number of amides is 2. The molecule has 5 nitrogen and oxygen atoms in total. The Morgan fingerprint density at radius 3 is 2.30 bits per heavy atom. The van der Waals surface area contributed by atoms with Gasteiger partial charge in [-0.3, -0.25) is 20.4 Å². The Labute approximate surface area is 120 Å². The fraction of sp³-hybridized carbons (Fsp3) is 0.467. The first-order chi connectivity index (χ1) is 9.20. The van der Waals surface area contributed by atoms with Gasteiger partial charge >= 0.3 is 0 Å². The van der Waals surface area contributed by atoms with Crippen molar-refractivity contribution in [3.63, 3.8) is 0 Å². The summed E-state index contributed by atoms with van der Waals surface area (Å²) in [6.45, 7) is 9.45. The second-order valence-electron chi connectivity index (χ2n) is 5.92. The van der Waals surface area contributed by atoms with Crippen LogP contribution in [-0.2, 0) is 9.59 Å². The van der Waals surface area contributed by atoms with E-state index in [2.05, 4.69) is 16.2 Å². The Morgan fingerprint density at radius 2 is 1.75 bits per heavy atom. The lowest BCUT2D eigenvalue weighted by atomic mass is 9.96. The number of hydrogen-bond donors (Lipinski definition) is 3. The van der Waals surface area contributed by atoms with Crippen LogP contribution in [0.25, 0.3) is 0 Å². The van der Waals surface area contributed by atoms with E-state index in [1.165, 1.54) is 5.56 Å². The van der Waals surface area contributed by atoms with Crippen molar-refractivity contribution >= 4 is 17.5 Å². The van der Waals surface area contributed by atoms with Crippen LogP contribution in [0.5, 0.6) is 0 Å². The molecule has 0 unspecified atom stereocenters. The maximum absolute atomic E-state index is 11.6. The second kappa shape index (κ2) is 6.41. The summed E-state index contributed by atoms with van der Waals surface area (Å²) in [7, 11) is 0. The first-order valence-electron chi connectivity index (χ1n) is 6.60. The first kappa shape index (κ1) is 16.0. The number of rotatable bonds is 3. The van der Waals surface area contributed by atoms with Crippen LogP contribution in [0.4, 0.5) is 5.69 Å². The normalized spacial score (nSPS) is 10.8. The average Bonchev–Trinajstić information content (AvgIpc) is 2.33. The Balaban J connectivity index is 2.42. The summed E-state index contributed by atoms with van der Waals surface area (Å²) in [6, 6.07) is 5.96. The topological polar surface area (TPSA) is 70.2 Å². The summed E-state index contributed by atoms with van der Waals surface area (Å²) in [6.07, 6.45) is 0. The SMILES string of the molecule is Cc1ccc(NCC(=O)NNC(=O)C(C)(C)C)c(C)c1. The quantitative estimate of drug-likeness (QED) is 0.739. The van der Waals surface area contributed by atoms with Crippen LogP contribution in [0.3, 0.4) is 0 Å². The number of nitrogens with one attached hydrogen (secondary N) is 3. The van der Waals surface area contributed by atoms with Crippen LogP contribution in [0, 0.1) is 19.3 Å². The number of benzene rings is 1. The highest BCUT2D eigenvalue weighted by atomic mass is 16.2. The zero-order valence-corrected chi connectivity index (χ0v) is 12.8. The number of anilines is 1. The van der Waals surface area contributed by atoms with Crippen LogP contribution in [0.2, 0.25) is 0 Å². The molecule has 0 radical (unpaired) electrons. The standard InChI is InChI=1S/C15H23N3O2/c1-10-6-7-12(11(2)8-10)16-9-13(19)17-18-14(20)15(3,4)5/h6-8,16H,9H2,1-5H3,(H,17,19)(H,18,20). The highest BCUT2D eigenvalue weighted by Gasteiger charge is 2.21. The van der Waals surface area contributed by atoms with Crippen LogP contribution in [0.15, 0.2) is 18.2 Å². The predicted molar refractivity (Wildman–Crippen MR) is 80.1 cm³/mol. The molecule has 5 heteroatoms. The van der Waals surface area contributed by atoms with E-state index >= 15 is 0 Å². The molecule has 2 amide bonds. The van der Waals surface area contributed by atoms with E-state index in [0.29, 0.717) is 0 Å². The van der Waals surface area contributed by atoms with Gasteiger partial charge in [0.25, 0.3) is 5.91 Å². The Morgan fingerprint density at radius 1 is 1.10 bits per heavy atom. The van der Waals surface area contributed by atoms with Crippen molar-refractivity contribution in [2.75, 3.05) is 11.9 Å². The van der Waals surface area contributed by atoms with Gasteiger partial charge in [-0.2, -0.15) is 0 Å². The summed E-state index contributed by atoms with van der Waals surface area (Å²) < 4.78 is 0. The number of hydrazine groups is 1. The number of carbonyl (C=O) groups excluding carboxylic acids is 2. The molecular formula is C15H23N3O2. The highest BCUT2D eigenvalue weighted by molar-refractivity contribution is 5.86. The molecule has 1 aromatic carbocycles. The number of carbonyl (C=O) groups is 2. The fourth-order valence-electron chi connectivity index (χ4n) is 1.55. The Hall–Kier alpha value is -2.04. The van der Waals surface area contributed by atoms with E-state index in [4.69, 9.17) is 0 Å². The van der Waals surface area contributed by atoms with Gasteiger partial charge in [0.15, 0.2) is 0 Å². The van der Waals surface area contributed by atoms with E-state index in [0.717, 1.165) is 11.3 Å². The molecule has 0 aliphatic carbocycles. The number of hydrogen-bond acceptors (Lipinski definition) is 3. The Bertz CT molecular complexity index is 504. The third kappa shape index (κ3) is 4.91. The molecule has 0 heterocycles. The van der Waals surface area contributed by atoms with Crippen LogP contribution in [-0.4, -0.2) is 18.4 Å². The lowest BCUT2D eigenvalue weighted by Gasteiger charge is -2.18. The van der Waals surface area contributed by atoms with E-state index < -0.39 is 5.41 Å². The molecule has 0 saturated carbocycles. The average molecular weight is 277 g/mol. The minimum absolute atomic E-state index is 0.105. The summed E-state index contributed by atoms with van der Waals surface area (Å²) in [5, 5.41) is 3.04. The summed E-state index contributed by atoms with van der Waals surface area (Å²) in [5.41, 5.74) is 7.43. The molecule has 0 bridgehead atoms. The first-order valence-corrected chi connectivity index (χ1v) is 6.60. The highest BCUT2D eigenvalue weighted by Crippen LogP contribution is 2.15. The largest absolute Gasteiger partial charge is 0.376 e. The van der Waals surface area contributed by atoms with Gasteiger partial charge in [0, 0.05) is 11.1 Å². The summed E-state index contributed by atoms with van der Waals surface area (Å²) >= 11 is 0. The molecular weight excluding hydrogens is 254 g/mol. The van der Waals surface area contributed by atoms with Crippen molar-refractivity contribution in [3.8, 4) is 0 Å². The monoisotopic (exact) mass is 277 g/mol. The molecule has 0 atom stereocenters. The minimum Gasteiger partial charge on any atom is -0.376 e. The maximum atomic E-state index is 11.6. The molecule has 0 fully saturated rings. The van der Waals surface area contributed by atoms with Crippen molar-refractivity contribution in [1.29, 1.82) is 0 Å². The summed E-state index contributed by atoms with van der Waals surface area (Å²) in [5.74, 6) is -0.514. The molecule has 110 valence electrons. The molecule has 0 aromatic heterocycles. The van der Waals surface area contributed by atoms with Crippen molar-refractivity contribution in [2.45, 2.75) is 34.6 Å². The van der Waals surface area contributed by atoms with Gasteiger partial charge in [-0.05, 0) is 25.5 Å². The van der Waals surface area contributed by atoms with E-state index in [1.807, 2.05) is 32.0 Å². The minimum atomic E-state index is -0.533. The predicted octanol–water partition coefficient (Wildman–Crippen LogP) is 1.91. The molecule has 1 aromatic rings. The second-order valence-corrected chi connectivity index (χ2v) is 5.92. The molecule has 0 aliphatic rings. The van der Waals surface area contributed by atoms with E-state index in [1.54, 1.807) is 20.8 Å². The van der Waals surface area contributed by atoms with Crippen molar-refractivity contribution in [2.24, 2.45) is 5.41 Å². The maximum Gasteiger partial charge on any atom is 0.257 e. The number of aryl methyl sites for hydroxylation is 2. The molecule has 3 N–H and O–H groups in total. The lowest BCUT2D eigenvalue weighted by Crippen LogP contribution is -2.48. The van der Waals surface area contributed by atoms with Crippen LogP contribution >= 0.6 is 0 Å². The molecule has 0 saturated heterocycles. The zero-order chi connectivity index (χ0) is 15.3. The molecule has 20 heavy (non-hydrogen) atoms. The van der Waals surface area contributed by atoms with Crippen LogP contribution in [0.1, 0.15) is 31.9 Å². The van der Waals surface area contributed by atoms with Gasteiger partial charge in [-0.1, -0.05) is 38.5 Å². The van der Waals surface area contributed by atoms with Gasteiger partial charge in [-0.15, -0.1) is 0 Å². The fourth-order valence-corrected chi connectivity index (χ4v) is 1.55. The third-order valence-corrected chi connectivity index (χ3v) is 2.82. The molecule has 0 aliphatic heterocycles. The van der Waals surface area contributed by atoms with Crippen molar-refractivity contribution < 1.29 is 9.59 Å². The van der Waals surface area contributed by atoms with Crippen LogP contribution < -0.4 is 16.2 Å². The van der Waals surface area contributed by atoms with Crippen molar-refractivity contribution in [3.05, 3.63) is 29.3 Å². The van der Waals surface area contributed by atoms with Gasteiger partial charge < -0.3 is 5.32 Å². The summed E-state index contributed by atoms with van der Waals surface area (Å²) in [4.78, 5) is 23.2. The lowest BCUT2D eigenvalue weighted by molar-refractivity contribution is -0.133. The van der Waals surface area contributed by atoms with E-state index in [9.17, 15) is 9.59 Å². The Kier molecular flexibility index (Phi) is 5.13. The smallest absolute Gasteiger partial charge is 0.257 e. The molecule has 1 rings (SSSR count). The third-order valence-electron chi connectivity index (χ3n) is 2.82. The molecule has 0 spiro atoms. The van der Waals surface area contributed by atoms with Gasteiger partial charge in [0.05, 0.1) is 6.54 Å². The van der Waals surface area contributed by atoms with Gasteiger partial charge in [-0.25, -0.2) is 0 Å². The van der Waals surface area contributed by atoms with Crippen molar-refractivity contribution in [1.82, 2.24) is 10.9 Å². The van der Waals surface area contributed by atoms with Gasteiger partial charge in [0.2, 0.25) is 5.91 Å². The zero-order valence-electron chi connectivity index (χ0n) is 12.8. The van der Waals surface area contributed by atoms with Gasteiger partial charge in [0.1, 0.15) is 0 Å².